The van der Waals surface area contributed by atoms with E-state index in [2.05, 4.69) is 115 Å². The molecular formula is C28H25N. The summed E-state index contributed by atoms with van der Waals surface area (Å²) in [5, 5.41) is 1.28. The maximum absolute atomic E-state index is 2.34. The second kappa shape index (κ2) is 8.62. The van der Waals surface area contributed by atoms with Crippen LogP contribution in [0.15, 0.2) is 115 Å². The zero-order valence-electron chi connectivity index (χ0n) is 16.9. The van der Waals surface area contributed by atoms with Crippen LogP contribution >= 0.6 is 0 Å². The summed E-state index contributed by atoms with van der Waals surface area (Å²) in [5.41, 5.74) is 7.52. The molecule has 0 spiro atoms. The highest BCUT2D eigenvalue weighted by Gasteiger charge is 2.12. The van der Waals surface area contributed by atoms with E-state index in [0.717, 1.165) is 0 Å². The van der Waals surface area contributed by atoms with Crippen molar-refractivity contribution in [2.45, 2.75) is 13.8 Å². The van der Waals surface area contributed by atoms with Gasteiger partial charge in [0, 0.05) is 11.1 Å². The Hall–Kier alpha value is -3.58. The van der Waals surface area contributed by atoms with Crippen LogP contribution in [-0.4, -0.2) is 4.57 Å². The third-order valence-electron chi connectivity index (χ3n) is 4.98. The highest BCUT2D eigenvalue weighted by atomic mass is 15.0. The first kappa shape index (κ1) is 18.8. The minimum atomic E-state index is 1.19. The largest absolute Gasteiger partial charge is 0.309 e. The van der Waals surface area contributed by atoms with E-state index >= 15 is 0 Å². The van der Waals surface area contributed by atoms with Crippen LogP contribution in [0.1, 0.15) is 11.1 Å². The average molecular weight is 376 g/mol. The first-order valence-corrected chi connectivity index (χ1v) is 9.97. The molecule has 1 aromatic heterocycles. The van der Waals surface area contributed by atoms with Gasteiger partial charge in [-0.05, 0) is 49.7 Å². The first-order chi connectivity index (χ1) is 14.2. The van der Waals surface area contributed by atoms with Gasteiger partial charge in [-0.2, -0.15) is 0 Å². The van der Waals surface area contributed by atoms with Crippen molar-refractivity contribution in [3.05, 3.63) is 126 Å². The van der Waals surface area contributed by atoms with Gasteiger partial charge in [-0.3, -0.25) is 0 Å². The lowest BCUT2D eigenvalue weighted by Gasteiger charge is -2.11. The summed E-state index contributed by atoms with van der Waals surface area (Å²) in [7, 11) is 0. The molecule has 0 saturated carbocycles. The number of hydrogen-bond acceptors (Lipinski definition) is 0. The number of aryl methyl sites for hydroxylation is 2. The molecule has 0 N–H and O–H groups in total. The number of benzene rings is 4. The van der Waals surface area contributed by atoms with Crippen LogP contribution in [0.25, 0.3) is 27.8 Å². The lowest BCUT2D eigenvalue weighted by Crippen LogP contribution is -1.96. The highest BCUT2D eigenvalue weighted by Crippen LogP contribution is 2.31. The van der Waals surface area contributed by atoms with Gasteiger partial charge in [-0.25, -0.2) is 0 Å². The smallest absolute Gasteiger partial charge is 0.0540 e. The van der Waals surface area contributed by atoms with Gasteiger partial charge in [0.15, 0.2) is 0 Å². The molecule has 0 aliphatic heterocycles. The third kappa shape index (κ3) is 4.30. The zero-order chi connectivity index (χ0) is 20.1. The fraction of sp³-hybridized carbons (Fsp3) is 0.0714. The SMILES string of the molecule is Cc1ccc2c(c1)cc(-c1ccccc1)n2-c1ccccc1.Cc1ccccc1. The minimum absolute atomic E-state index is 1.19. The van der Waals surface area contributed by atoms with Crippen LogP contribution in [0.5, 0.6) is 0 Å². The predicted octanol–water partition coefficient (Wildman–Crippen LogP) is 7.60. The topological polar surface area (TPSA) is 4.93 Å². The van der Waals surface area contributed by atoms with Gasteiger partial charge in [-0.1, -0.05) is 96.1 Å². The summed E-state index contributed by atoms with van der Waals surface area (Å²) >= 11 is 0. The Bertz CT molecular complexity index is 1190. The quantitative estimate of drug-likeness (QED) is 0.299. The number of para-hydroxylation sites is 1. The summed E-state index contributed by atoms with van der Waals surface area (Å²) in [6.45, 7) is 4.22. The Morgan fingerprint density at radius 1 is 0.517 bits per heavy atom. The molecule has 0 saturated heterocycles. The maximum Gasteiger partial charge on any atom is 0.0540 e. The van der Waals surface area contributed by atoms with E-state index in [1.807, 2.05) is 18.2 Å². The number of nitrogens with zero attached hydrogens (tertiary/aromatic N) is 1. The molecule has 142 valence electrons. The van der Waals surface area contributed by atoms with Crippen molar-refractivity contribution in [3.63, 3.8) is 0 Å². The second-order valence-electron chi connectivity index (χ2n) is 7.28. The Morgan fingerprint density at radius 3 is 1.69 bits per heavy atom. The lowest BCUT2D eigenvalue weighted by atomic mass is 10.1. The zero-order valence-corrected chi connectivity index (χ0v) is 16.9. The molecule has 0 radical (unpaired) electrons. The maximum atomic E-state index is 2.34. The molecule has 0 fully saturated rings. The van der Waals surface area contributed by atoms with Crippen molar-refractivity contribution in [2.24, 2.45) is 0 Å². The molecule has 5 rings (SSSR count). The van der Waals surface area contributed by atoms with E-state index in [0.29, 0.717) is 0 Å². The minimum Gasteiger partial charge on any atom is -0.309 e. The predicted molar refractivity (Wildman–Crippen MR) is 125 cm³/mol. The van der Waals surface area contributed by atoms with E-state index in [1.54, 1.807) is 0 Å². The number of aromatic nitrogens is 1. The molecule has 0 aliphatic rings. The van der Waals surface area contributed by atoms with Crippen LogP contribution in [-0.2, 0) is 0 Å². The van der Waals surface area contributed by atoms with Crippen LogP contribution in [0.4, 0.5) is 0 Å². The van der Waals surface area contributed by atoms with E-state index in [4.69, 9.17) is 0 Å². The summed E-state index contributed by atoms with van der Waals surface area (Å²) in [5.74, 6) is 0. The van der Waals surface area contributed by atoms with Gasteiger partial charge in [0.05, 0.1) is 11.2 Å². The van der Waals surface area contributed by atoms with Crippen LogP contribution in [0.3, 0.4) is 0 Å². The van der Waals surface area contributed by atoms with Crippen molar-refractivity contribution in [2.75, 3.05) is 0 Å². The molecule has 1 nitrogen and oxygen atoms in total. The molecule has 0 amide bonds. The normalized spacial score (nSPS) is 10.4. The summed E-state index contributed by atoms with van der Waals surface area (Å²) in [6.07, 6.45) is 0. The lowest BCUT2D eigenvalue weighted by molar-refractivity contribution is 1.13. The molecule has 0 bridgehead atoms. The van der Waals surface area contributed by atoms with Crippen molar-refractivity contribution >= 4 is 10.9 Å². The van der Waals surface area contributed by atoms with Crippen LogP contribution in [0, 0.1) is 13.8 Å². The molecule has 0 atom stereocenters. The van der Waals surface area contributed by atoms with E-state index in [-0.39, 0.29) is 0 Å². The highest BCUT2D eigenvalue weighted by molar-refractivity contribution is 5.89. The molecule has 1 heterocycles. The fourth-order valence-electron chi connectivity index (χ4n) is 3.55. The molecule has 4 aromatic carbocycles. The van der Waals surface area contributed by atoms with Crippen molar-refractivity contribution in [1.29, 1.82) is 0 Å². The fourth-order valence-corrected chi connectivity index (χ4v) is 3.55. The van der Waals surface area contributed by atoms with E-state index < -0.39 is 0 Å². The molecule has 29 heavy (non-hydrogen) atoms. The van der Waals surface area contributed by atoms with Crippen molar-refractivity contribution in [3.8, 4) is 16.9 Å². The van der Waals surface area contributed by atoms with Gasteiger partial charge < -0.3 is 4.57 Å². The van der Waals surface area contributed by atoms with Crippen molar-refractivity contribution < 1.29 is 0 Å². The van der Waals surface area contributed by atoms with Gasteiger partial charge >= 0.3 is 0 Å². The monoisotopic (exact) mass is 375 g/mol. The molecule has 0 unspecified atom stereocenters. The Labute approximate surface area is 172 Å². The summed E-state index contributed by atoms with van der Waals surface area (Å²) in [4.78, 5) is 0. The van der Waals surface area contributed by atoms with E-state index in [9.17, 15) is 0 Å². The second-order valence-corrected chi connectivity index (χ2v) is 7.28. The summed E-state index contributed by atoms with van der Waals surface area (Å²) in [6, 6.07) is 40.3. The standard InChI is InChI=1S/C21H17N.C7H8/c1-16-12-13-20-18(14-16)15-21(17-8-4-2-5-9-17)22(20)19-10-6-3-7-11-19;1-7-5-3-2-4-6-7/h2-15H,1H3;2-6H,1H3. The van der Waals surface area contributed by atoms with Gasteiger partial charge in [0.1, 0.15) is 0 Å². The van der Waals surface area contributed by atoms with Crippen LogP contribution < -0.4 is 0 Å². The van der Waals surface area contributed by atoms with Crippen molar-refractivity contribution in [1.82, 2.24) is 4.57 Å². The molecule has 1 heteroatoms. The first-order valence-electron chi connectivity index (χ1n) is 9.97. The number of fused-ring (bicyclic) bond motifs is 1. The number of hydrogen-bond donors (Lipinski definition) is 0. The molecular weight excluding hydrogens is 350 g/mol. The van der Waals surface area contributed by atoms with Gasteiger partial charge in [-0.15, -0.1) is 0 Å². The van der Waals surface area contributed by atoms with Gasteiger partial charge in [0.25, 0.3) is 0 Å². The summed E-state index contributed by atoms with van der Waals surface area (Å²) < 4.78 is 2.34. The van der Waals surface area contributed by atoms with Gasteiger partial charge in [0.2, 0.25) is 0 Å². The third-order valence-corrected chi connectivity index (χ3v) is 4.98. The Balaban J connectivity index is 0.000000249. The Kier molecular flexibility index (Phi) is 5.58. The Morgan fingerprint density at radius 2 is 1.10 bits per heavy atom. The average Bonchev–Trinajstić information content (AvgIpc) is 3.14. The number of rotatable bonds is 2. The molecule has 0 aliphatic carbocycles. The van der Waals surface area contributed by atoms with Crippen LogP contribution in [0.2, 0.25) is 0 Å². The molecule has 5 aromatic rings. The van der Waals surface area contributed by atoms with E-state index in [1.165, 1.54) is 39.0 Å².